The van der Waals surface area contributed by atoms with Crippen molar-refractivity contribution in [3.63, 3.8) is 0 Å². The van der Waals surface area contributed by atoms with E-state index >= 15 is 0 Å². The van der Waals surface area contributed by atoms with Crippen LogP contribution in [-0.4, -0.2) is 66.4 Å². The Morgan fingerprint density at radius 3 is 0.707 bits per heavy atom. The average molecular weight is 1750 g/mol. The Kier molecular flexibility index (Phi) is 28.1. The van der Waals surface area contributed by atoms with Crippen LogP contribution in [0.1, 0.15) is 34.8 Å². The lowest BCUT2D eigenvalue weighted by atomic mass is 9.99. The molecule has 0 fully saturated rings. The fraction of sp³-hybridized carbons (Fsp3) is 0.0693. The van der Waals surface area contributed by atoms with E-state index in [1.165, 1.54) is 11.1 Å². The number of hydrogen-bond donors (Lipinski definition) is 6. The minimum atomic E-state index is -4.10. The fourth-order valence-corrected chi connectivity index (χ4v) is 16.4. The Morgan fingerprint density at radius 2 is 0.480 bits per heavy atom. The first-order valence-corrected chi connectivity index (χ1v) is 45.7. The predicted molar refractivity (Wildman–Crippen MR) is 490 cm³/mol. The molecule has 0 atom stereocenters. The Hall–Kier alpha value is -13.0. The zero-order chi connectivity index (χ0) is 86.4. The van der Waals surface area contributed by atoms with E-state index in [1.807, 2.05) is 177 Å². The molecule has 0 aliphatic heterocycles. The molecule has 0 aliphatic rings. The first kappa shape index (κ1) is 85.0. The van der Waals surface area contributed by atoms with Gasteiger partial charge in [0.1, 0.15) is 0 Å². The van der Waals surface area contributed by atoms with Crippen molar-refractivity contribution in [2.45, 2.75) is 36.9 Å². The molecule has 17 aromatic rings. The predicted octanol–water partition coefficient (Wildman–Crippen LogP) is 22.6. The second-order valence-corrected chi connectivity index (χ2v) is 34.7. The van der Waals surface area contributed by atoms with Gasteiger partial charge in [-0.05, 0) is 125 Å². The summed E-state index contributed by atoms with van der Waals surface area (Å²) in [5.41, 5.74) is 28.0. The molecule has 17 rings (SSSR count). The monoisotopic (exact) mass is 1750 g/mol. The highest BCUT2D eigenvalue weighted by Gasteiger charge is 2.20. The number of rotatable bonds is 23. The SMILES string of the molecule is O=P(O)(O)Cc1ccc(CBr)cc1.O=P(O)(O)Cc1ccc(C[n+]2ccc(-c3ccc(-c4ccc(-c5cc(-c6ccc(-c7cc[n+](Cc8ccc(CP(=O)(O)O)cc8)cc7)cc6)nc(-c6ccccc6)n5)cc4)cc3)cc2)cc1.[2H]CF.c1ccc(-c2nc(-c3ccc(-c4ccncc4)cc3)cc(-c3ccc(-c4ccc(-c5ccncc5)cc4)cc3)n2)cc1. The van der Waals surface area contributed by atoms with Crippen molar-refractivity contribution < 1.29 is 58.0 Å². The topological polar surface area (TPSA) is 258 Å². The molecular formula is C101H85BrFN8O9P3+2. The maximum Gasteiger partial charge on any atom is 0.329 e. The molecular weight excluding hydrogens is 1660 g/mol. The molecule has 123 heavy (non-hydrogen) atoms. The molecule has 0 radical (unpaired) electrons. The van der Waals surface area contributed by atoms with Crippen LogP contribution in [0.15, 0.2) is 389 Å². The van der Waals surface area contributed by atoms with Gasteiger partial charge in [-0.1, -0.05) is 295 Å². The number of pyridine rings is 4. The van der Waals surface area contributed by atoms with Gasteiger partial charge in [-0.3, -0.25) is 28.1 Å². The molecule has 0 unspecified atom stereocenters. The molecule has 0 bridgehead atoms. The number of halogens is 2. The normalized spacial score (nSPS) is 11.4. The van der Waals surface area contributed by atoms with Crippen molar-refractivity contribution in [3.8, 4) is 135 Å². The highest BCUT2D eigenvalue weighted by molar-refractivity contribution is 9.08. The van der Waals surface area contributed by atoms with E-state index in [-0.39, 0.29) is 18.5 Å². The lowest BCUT2D eigenvalue weighted by molar-refractivity contribution is -0.688. The maximum absolute atomic E-state index is 11.4. The van der Waals surface area contributed by atoms with Crippen LogP contribution in [0, 0.1) is 0 Å². The van der Waals surface area contributed by atoms with Gasteiger partial charge in [0.25, 0.3) is 0 Å². The van der Waals surface area contributed by atoms with Crippen LogP contribution in [-0.2, 0) is 50.6 Å². The highest BCUT2D eigenvalue weighted by atomic mass is 79.9. The zero-order valence-electron chi connectivity index (χ0n) is 67.5. The lowest BCUT2D eigenvalue weighted by Crippen LogP contribution is -2.32. The van der Waals surface area contributed by atoms with Crippen LogP contribution in [0.3, 0.4) is 0 Å². The minimum absolute atomic E-state index is 0.185. The second-order valence-electron chi connectivity index (χ2n) is 29.2. The van der Waals surface area contributed by atoms with Gasteiger partial charge in [0, 0.05) is 98.9 Å². The van der Waals surface area contributed by atoms with Gasteiger partial charge < -0.3 is 29.4 Å². The molecule has 0 saturated heterocycles. The Bertz CT molecular complexity index is 6510. The smallest absolute Gasteiger partial charge is 0.324 e. The Morgan fingerprint density at radius 1 is 0.276 bits per heavy atom. The number of hydrogen-bond acceptors (Lipinski definition) is 9. The summed E-state index contributed by atoms with van der Waals surface area (Å²) in [5, 5.41) is 0.753. The van der Waals surface area contributed by atoms with E-state index in [0.717, 1.165) is 134 Å². The highest BCUT2D eigenvalue weighted by Crippen LogP contribution is 2.42. The summed E-state index contributed by atoms with van der Waals surface area (Å²) in [6.07, 6.45) is 14.7. The Labute approximate surface area is 723 Å². The minimum Gasteiger partial charge on any atom is -0.324 e. The van der Waals surface area contributed by atoms with Gasteiger partial charge in [0.05, 0.1) is 49.8 Å². The number of alkyl halides is 2. The molecule has 6 heterocycles. The van der Waals surface area contributed by atoms with Crippen molar-refractivity contribution in [1.82, 2.24) is 29.9 Å². The van der Waals surface area contributed by atoms with E-state index in [1.54, 1.807) is 36.4 Å². The molecule has 0 saturated carbocycles. The largest absolute Gasteiger partial charge is 0.329 e. The van der Waals surface area contributed by atoms with Gasteiger partial charge in [0.15, 0.2) is 49.5 Å². The third kappa shape index (κ3) is 24.5. The number of benzene rings is 11. The summed E-state index contributed by atoms with van der Waals surface area (Å²) in [6, 6.07) is 114. The van der Waals surface area contributed by atoms with Gasteiger partial charge in [-0.25, -0.2) is 29.1 Å². The van der Waals surface area contributed by atoms with Crippen molar-refractivity contribution in [2.24, 2.45) is 0 Å². The van der Waals surface area contributed by atoms with Gasteiger partial charge in [-0.15, -0.1) is 0 Å². The van der Waals surface area contributed by atoms with E-state index in [4.69, 9.17) is 31.1 Å². The fourth-order valence-electron chi connectivity index (χ4n) is 13.9. The van der Waals surface area contributed by atoms with Gasteiger partial charge in [-0.2, -0.15) is 0 Å². The van der Waals surface area contributed by atoms with Gasteiger partial charge in [0.2, 0.25) is 0 Å². The third-order valence-corrected chi connectivity index (χ3v) is 23.2. The molecule has 0 spiro atoms. The summed E-state index contributed by atoms with van der Waals surface area (Å²) >= 11 is 3.29. The third-order valence-electron chi connectivity index (χ3n) is 20.3. The molecule has 0 aliphatic carbocycles. The second kappa shape index (κ2) is 40.6. The number of aromatic nitrogens is 8. The molecule has 610 valence electrons. The van der Waals surface area contributed by atoms with Crippen molar-refractivity contribution in [2.75, 3.05) is 7.15 Å². The maximum atomic E-state index is 11.4. The van der Waals surface area contributed by atoms with E-state index in [0.29, 0.717) is 41.4 Å². The molecule has 17 nitrogen and oxygen atoms in total. The Balaban J connectivity index is 0.000000182. The average Bonchev–Trinajstić information content (AvgIpc) is 0.792. The van der Waals surface area contributed by atoms with Crippen LogP contribution in [0.25, 0.3) is 135 Å². The molecule has 11 aromatic carbocycles. The van der Waals surface area contributed by atoms with Crippen LogP contribution < -0.4 is 9.13 Å². The first-order valence-electron chi connectivity index (χ1n) is 39.9. The van der Waals surface area contributed by atoms with Crippen LogP contribution in [0.5, 0.6) is 0 Å². The molecule has 22 heteroatoms. The summed E-state index contributed by atoms with van der Waals surface area (Å²) in [5.74, 6) is 1.36. The first-order chi connectivity index (χ1) is 60.1. The van der Waals surface area contributed by atoms with E-state index in [2.05, 4.69) is 211 Å². The van der Waals surface area contributed by atoms with Crippen LogP contribution in [0.4, 0.5) is 4.39 Å². The van der Waals surface area contributed by atoms with Crippen molar-refractivity contribution in [3.05, 3.63) is 423 Å². The lowest BCUT2D eigenvalue weighted by Gasteiger charge is -2.11. The summed E-state index contributed by atoms with van der Waals surface area (Å²) in [6.45, 7) is 1.28. The standard InChI is InChI=1S/C54H44N4O6P2.C38H26N4.C8H10BrO3P.CH3F/c59-65(60,61)37-41-10-6-39(7-11-41)35-57-30-26-47(27-31-57)45-16-14-43(15-17-45)44-18-22-49(23-19-44)52-34-53(56-54(55-52)51-4-2-1-3-5-51)50-24-20-46(21-25-50)48-28-32-58(33-29-48)36-40-8-12-42(13-9-40)38-66(62,63)64;1-2-4-35(5-3-1)38-41-36(26-37(42-38)34-16-12-30(13-17-34)32-20-24-40-25-21-32)33-14-10-28(11-15-33)27-6-8-29(9-7-27)31-18-22-39-23-19-31;9-5-7-1-3-8(4-2-7)6-13(10,11)12;1-2/h1-34H,35-38H2,(H2-2,59,60,61,62,63,64);1-26H;1-4H,5-6H2,(H2,10,11,12);1H3/p+2/i;;;1D. The van der Waals surface area contributed by atoms with Crippen LogP contribution >= 0.6 is 38.7 Å². The molecule has 0 amide bonds. The number of nitrogens with zero attached hydrogens (tertiary/aromatic N) is 8. The van der Waals surface area contributed by atoms with Crippen molar-refractivity contribution in [1.29, 1.82) is 0 Å². The van der Waals surface area contributed by atoms with Crippen LogP contribution in [0.2, 0.25) is 0 Å². The quantitative estimate of drug-likeness (QED) is 0.0198. The summed E-state index contributed by atoms with van der Waals surface area (Å²) in [4.78, 5) is 82.8. The summed E-state index contributed by atoms with van der Waals surface area (Å²) in [7, 11) is -13.1. The van der Waals surface area contributed by atoms with E-state index in [9.17, 15) is 37.7 Å². The van der Waals surface area contributed by atoms with E-state index < -0.39 is 29.9 Å². The molecule has 6 N–H and O–H groups in total. The van der Waals surface area contributed by atoms with Gasteiger partial charge >= 0.3 is 22.8 Å². The van der Waals surface area contributed by atoms with Crippen molar-refractivity contribution >= 4 is 38.7 Å². The zero-order valence-corrected chi connectivity index (χ0v) is 70.8. The summed E-state index contributed by atoms with van der Waals surface area (Å²) < 4.78 is 53.0. The molecule has 6 aromatic heterocycles.